The summed E-state index contributed by atoms with van der Waals surface area (Å²) < 4.78 is 24.0. The number of halogens is 2. The molecule has 0 bridgehead atoms. The predicted molar refractivity (Wildman–Crippen MR) is 59.7 cm³/mol. The SMILES string of the molecule is N#CC(CNCC(O)C(F)F)c1ccccc1. The van der Waals surface area contributed by atoms with Gasteiger partial charge in [-0.2, -0.15) is 5.26 Å². The van der Waals surface area contributed by atoms with Crippen LogP contribution in [0.3, 0.4) is 0 Å². The van der Waals surface area contributed by atoms with Crippen molar-refractivity contribution >= 4 is 0 Å². The van der Waals surface area contributed by atoms with E-state index in [4.69, 9.17) is 10.4 Å². The number of alkyl halides is 2. The molecule has 0 aromatic heterocycles. The molecule has 0 amide bonds. The number of hydrogen-bond acceptors (Lipinski definition) is 3. The normalized spacial score (nSPS) is 14.3. The molecule has 1 rings (SSSR count). The Hall–Kier alpha value is -1.51. The fourth-order valence-electron chi connectivity index (χ4n) is 1.39. The summed E-state index contributed by atoms with van der Waals surface area (Å²) in [6, 6.07) is 11.2. The molecule has 2 unspecified atom stereocenters. The Kier molecular flexibility index (Phi) is 5.53. The second kappa shape index (κ2) is 6.94. The third kappa shape index (κ3) is 4.47. The summed E-state index contributed by atoms with van der Waals surface area (Å²) in [6.07, 6.45) is -4.45. The van der Waals surface area contributed by atoms with Crippen molar-refractivity contribution in [2.75, 3.05) is 13.1 Å². The van der Waals surface area contributed by atoms with Crippen LogP contribution in [-0.4, -0.2) is 30.7 Å². The third-order valence-electron chi connectivity index (χ3n) is 2.35. The Morgan fingerprint density at radius 2 is 1.88 bits per heavy atom. The predicted octanol–water partition coefficient (Wildman–Crippen LogP) is 1.51. The van der Waals surface area contributed by atoms with Gasteiger partial charge >= 0.3 is 0 Å². The number of aliphatic hydroxyl groups is 1. The number of rotatable bonds is 6. The maximum absolute atomic E-state index is 12.0. The first-order chi connectivity index (χ1) is 8.15. The Balaban J connectivity index is 2.42. The largest absolute Gasteiger partial charge is 0.386 e. The van der Waals surface area contributed by atoms with E-state index in [2.05, 4.69) is 11.4 Å². The third-order valence-corrected chi connectivity index (χ3v) is 2.35. The van der Waals surface area contributed by atoms with E-state index >= 15 is 0 Å². The maximum Gasteiger partial charge on any atom is 0.265 e. The minimum absolute atomic E-state index is 0.220. The molecule has 0 aliphatic carbocycles. The van der Waals surface area contributed by atoms with Crippen molar-refractivity contribution in [1.29, 1.82) is 5.26 Å². The summed E-state index contributed by atoms with van der Waals surface area (Å²) in [5.41, 5.74) is 0.828. The van der Waals surface area contributed by atoms with E-state index in [0.717, 1.165) is 5.56 Å². The first-order valence-corrected chi connectivity index (χ1v) is 5.26. The van der Waals surface area contributed by atoms with Crippen LogP contribution in [0.25, 0.3) is 0 Å². The molecule has 0 aliphatic heterocycles. The van der Waals surface area contributed by atoms with Crippen molar-refractivity contribution in [2.45, 2.75) is 18.4 Å². The van der Waals surface area contributed by atoms with Gasteiger partial charge in [0.15, 0.2) is 0 Å². The average molecular weight is 240 g/mol. The van der Waals surface area contributed by atoms with Gasteiger partial charge in [0.1, 0.15) is 6.10 Å². The van der Waals surface area contributed by atoms with Crippen molar-refractivity contribution in [3.8, 4) is 6.07 Å². The van der Waals surface area contributed by atoms with Crippen LogP contribution in [0.4, 0.5) is 8.78 Å². The van der Waals surface area contributed by atoms with E-state index in [1.165, 1.54) is 0 Å². The quantitative estimate of drug-likeness (QED) is 0.792. The maximum atomic E-state index is 12.0. The molecular weight excluding hydrogens is 226 g/mol. The fourth-order valence-corrected chi connectivity index (χ4v) is 1.39. The number of benzene rings is 1. The fraction of sp³-hybridized carbons (Fsp3) is 0.417. The van der Waals surface area contributed by atoms with Crippen molar-refractivity contribution in [3.05, 3.63) is 35.9 Å². The first kappa shape index (κ1) is 13.6. The van der Waals surface area contributed by atoms with Crippen molar-refractivity contribution in [2.24, 2.45) is 0 Å². The van der Waals surface area contributed by atoms with Gasteiger partial charge in [0.25, 0.3) is 6.43 Å². The van der Waals surface area contributed by atoms with Crippen LogP contribution in [-0.2, 0) is 0 Å². The lowest BCUT2D eigenvalue weighted by atomic mass is 10.0. The van der Waals surface area contributed by atoms with Gasteiger partial charge in [-0.1, -0.05) is 30.3 Å². The van der Waals surface area contributed by atoms with Gasteiger partial charge in [0.05, 0.1) is 12.0 Å². The van der Waals surface area contributed by atoms with Gasteiger partial charge in [-0.3, -0.25) is 0 Å². The van der Waals surface area contributed by atoms with E-state index in [1.54, 1.807) is 12.1 Å². The van der Waals surface area contributed by atoms with Gasteiger partial charge in [-0.05, 0) is 5.56 Å². The number of aliphatic hydroxyl groups excluding tert-OH is 1. The smallest absolute Gasteiger partial charge is 0.265 e. The topological polar surface area (TPSA) is 56.0 Å². The molecule has 1 aromatic rings. The summed E-state index contributed by atoms with van der Waals surface area (Å²) in [7, 11) is 0. The molecule has 5 heteroatoms. The molecule has 1 aromatic carbocycles. The molecule has 0 fully saturated rings. The monoisotopic (exact) mass is 240 g/mol. The number of nitrogens with one attached hydrogen (secondary N) is 1. The van der Waals surface area contributed by atoms with Crippen LogP contribution in [0.1, 0.15) is 11.5 Å². The zero-order chi connectivity index (χ0) is 12.7. The molecular formula is C12H14F2N2O. The second-order valence-corrected chi connectivity index (χ2v) is 3.65. The van der Waals surface area contributed by atoms with Crippen LogP contribution >= 0.6 is 0 Å². The highest BCUT2D eigenvalue weighted by Crippen LogP contribution is 2.13. The number of nitriles is 1. The Labute approximate surface area is 98.7 Å². The molecule has 0 spiro atoms. The highest BCUT2D eigenvalue weighted by atomic mass is 19.3. The van der Waals surface area contributed by atoms with Crippen LogP contribution in [0.2, 0.25) is 0 Å². The summed E-state index contributed by atoms with van der Waals surface area (Å²) in [5, 5.41) is 20.5. The first-order valence-electron chi connectivity index (χ1n) is 5.26. The van der Waals surface area contributed by atoms with Crippen LogP contribution in [0, 0.1) is 11.3 Å². The molecule has 2 atom stereocenters. The van der Waals surface area contributed by atoms with Gasteiger partial charge in [-0.25, -0.2) is 8.78 Å². The average Bonchev–Trinajstić information content (AvgIpc) is 2.35. The summed E-state index contributed by atoms with van der Waals surface area (Å²) in [6.45, 7) is 0.0208. The highest BCUT2D eigenvalue weighted by Gasteiger charge is 2.17. The van der Waals surface area contributed by atoms with E-state index in [1.807, 2.05) is 18.2 Å². The van der Waals surface area contributed by atoms with Gasteiger partial charge in [0.2, 0.25) is 0 Å². The summed E-state index contributed by atoms with van der Waals surface area (Å²) in [5.74, 6) is -0.402. The molecule has 0 radical (unpaired) electrons. The standard InChI is InChI=1S/C12H14F2N2O/c13-12(14)11(17)8-16-7-10(6-15)9-4-2-1-3-5-9/h1-5,10-12,16-17H,7-8H2. The molecule has 2 N–H and O–H groups in total. The van der Waals surface area contributed by atoms with Gasteiger partial charge < -0.3 is 10.4 Å². The van der Waals surface area contributed by atoms with Crippen LogP contribution in [0.15, 0.2) is 30.3 Å². The molecule has 3 nitrogen and oxygen atoms in total. The molecule has 0 heterocycles. The van der Waals surface area contributed by atoms with Gasteiger partial charge in [0, 0.05) is 13.1 Å². The van der Waals surface area contributed by atoms with E-state index in [9.17, 15) is 8.78 Å². The van der Waals surface area contributed by atoms with E-state index in [0.29, 0.717) is 0 Å². The molecule has 0 saturated heterocycles. The van der Waals surface area contributed by atoms with Crippen LogP contribution < -0.4 is 5.32 Å². The van der Waals surface area contributed by atoms with Crippen molar-refractivity contribution < 1.29 is 13.9 Å². The Bertz CT molecular complexity index is 365. The summed E-state index contributed by atoms with van der Waals surface area (Å²) >= 11 is 0. The minimum Gasteiger partial charge on any atom is -0.386 e. The molecule has 0 saturated carbocycles. The zero-order valence-electron chi connectivity index (χ0n) is 9.18. The number of hydrogen-bond donors (Lipinski definition) is 2. The second-order valence-electron chi connectivity index (χ2n) is 3.65. The highest BCUT2D eigenvalue weighted by molar-refractivity contribution is 5.24. The molecule has 0 aliphatic rings. The Morgan fingerprint density at radius 3 is 2.41 bits per heavy atom. The molecule has 92 valence electrons. The lowest BCUT2D eigenvalue weighted by Gasteiger charge is -2.13. The van der Waals surface area contributed by atoms with Crippen molar-refractivity contribution in [1.82, 2.24) is 5.32 Å². The van der Waals surface area contributed by atoms with Crippen LogP contribution in [0.5, 0.6) is 0 Å². The number of nitrogens with zero attached hydrogens (tertiary/aromatic N) is 1. The minimum atomic E-state index is -2.76. The zero-order valence-corrected chi connectivity index (χ0v) is 9.18. The summed E-state index contributed by atoms with van der Waals surface area (Å²) in [4.78, 5) is 0. The van der Waals surface area contributed by atoms with E-state index in [-0.39, 0.29) is 13.1 Å². The van der Waals surface area contributed by atoms with Crippen molar-refractivity contribution in [3.63, 3.8) is 0 Å². The lowest BCUT2D eigenvalue weighted by Crippen LogP contribution is -2.34. The van der Waals surface area contributed by atoms with Gasteiger partial charge in [-0.15, -0.1) is 0 Å². The lowest BCUT2D eigenvalue weighted by molar-refractivity contribution is -0.00318. The van der Waals surface area contributed by atoms with E-state index < -0.39 is 18.4 Å². The molecule has 17 heavy (non-hydrogen) atoms. The Morgan fingerprint density at radius 1 is 1.24 bits per heavy atom.